The van der Waals surface area contributed by atoms with Crippen molar-refractivity contribution in [3.05, 3.63) is 78.5 Å². The van der Waals surface area contributed by atoms with E-state index in [0.717, 1.165) is 18.7 Å². The quantitative estimate of drug-likeness (QED) is 0.366. The van der Waals surface area contributed by atoms with Crippen molar-refractivity contribution < 1.29 is 27.9 Å². The van der Waals surface area contributed by atoms with Gasteiger partial charge in [-0.05, 0) is 30.2 Å². The summed E-state index contributed by atoms with van der Waals surface area (Å²) in [6.07, 6.45) is -2.12. The highest BCUT2D eigenvalue weighted by molar-refractivity contribution is 5.90. The predicted molar refractivity (Wildman–Crippen MR) is 123 cm³/mol. The van der Waals surface area contributed by atoms with Gasteiger partial charge in [-0.15, -0.1) is 0 Å². The molecule has 0 bridgehead atoms. The van der Waals surface area contributed by atoms with Crippen molar-refractivity contribution in [1.82, 2.24) is 9.97 Å². The second kappa shape index (κ2) is 13.4. The van der Waals surface area contributed by atoms with Crippen molar-refractivity contribution in [2.75, 3.05) is 29.0 Å². The predicted octanol–water partition coefficient (Wildman–Crippen LogP) is 4.21. The number of benzene rings is 2. The van der Waals surface area contributed by atoms with E-state index in [-0.39, 0.29) is 5.91 Å². The molecule has 0 aliphatic carbocycles. The number of aliphatic carboxylic acids is 1. The van der Waals surface area contributed by atoms with Crippen molar-refractivity contribution in [3.8, 4) is 0 Å². The lowest BCUT2D eigenvalue weighted by Crippen LogP contribution is -2.21. The average molecular weight is 475 g/mol. The van der Waals surface area contributed by atoms with E-state index in [1.54, 1.807) is 12.3 Å². The third-order valence-corrected chi connectivity index (χ3v) is 4.15. The van der Waals surface area contributed by atoms with Crippen LogP contribution in [-0.2, 0) is 16.0 Å². The van der Waals surface area contributed by atoms with Crippen LogP contribution < -0.4 is 16.0 Å². The largest absolute Gasteiger partial charge is 0.490 e. The Bertz CT molecular complexity index is 1030. The van der Waals surface area contributed by atoms with Crippen molar-refractivity contribution in [2.45, 2.75) is 19.0 Å². The standard InChI is InChI=1S/C21H23N5O.C2HF3O2/c27-20(25-18-9-5-2-6-10-18)13-16-22-19-12-15-24-21(26-19)23-14-11-17-7-3-1-4-8-17;3-2(4,5)1(6)7/h1-10,12,15H,11,13-14,16H2,(H,25,27)(H2,22,23,24,26);(H,6,7). The Hall–Kier alpha value is -4.15. The minimum atomic E-state index is -5.08. The Morgan fingerprint density at radius 1 is 0.882 bits per heavy atom. The van der Waals surface area contributed by atoms with Crippen LogP contribution >= 0.6 is 0 Å². The van der Waals surface area contributed by atoms with Gasteiger partial charge in [-0.2, -0.15) is 18.2 Å². The van der Waals surface area contributed by atoms with E-state index in [2.05, 4.69) is 38.1 Å². The van der Waals surface area contributed by atoms with E-state index in [9.17, 15) is 18.0 Å². The van der Waals surface area contributed by atoms with Gasteiger partial charge in [-0.1, -0.05) is 48.5 Å². The van der Waals surface area contributed by atoms with Crippen LogP contribution in [0.3, 0.4) is 0 Å². The first-order valence-electron chi connectivity index (χ1n) is 10.2. The summed E-state index contributed by atoms with van der Waals surface area (Å²) in [6, 6.07) is 21.5. The summed E-state index contributed by atoms with van der Waals surface area (Å²) in [6.45, 7) is 1.26. The molecule has 34 heavy (non-hydrogen) atoms. The van der Waals surface area contributed by atoms with E-state index >= 15 is 0 Å². The maximum Gasteiger partial charge on any atom is 0.490 e. The van der Waals surface area contributed by atoms with Crippen LogP contribution in [0.2, 0.25) is 0 Å². The molecule has 0 atom stereocenters. The van der Waals surface area contributed by atoms with E-state index < -0.39 is 12.1 Å². The first kappa shape index (κ1) is 26.1. The van der Waals surface area contributed by atoms with Crippen LogP contribution in [-0.4, -0.2) is 46.2 Å². The van der Waals surface area contributed by atoms with Gasteiger partial charge >= 0.3 is 12.1 Å². The number of rotatable bonds is 9. The van der Waals surface area contributed by atoms with E-state index in [0.29, 0.717) is 24.7 Å². The minimum absolute atomic E-state index is 0.0380. The second-order valence-electron chi connectivity index (χ2n) is 6.82. The third kappa shape index (κ3) is 10.4. The zero-order chi connectivity index (χ0) is 24.8. The summed E-state index contributed by atoms with van der Waals surface area (Å²) >= 11 is 0. The number of aromatic nitrogens is 2. The van der Waals surface area contributed by atoms with Crippen molar-refractivity contribution in [2.24, 2.45) is 0 Å². The van der Waals surface area contributed by atoms with Gasteiger partial charge < -0.3 is 21.1 Å². The van der Waals surface area contributed by atoms with Gasteiger partial charge in [0.25, 0.3) is 0 Å². The number of nitrogens with zero attached hydrogens (tertiary/aromatic N) is 2. The molecule has 0 saturated carbocycles. The summed E-state index contributed by atoms with van der Waals surface area (Å²) in [7, 11) is 0. The van der Waals surface area contributed by atoms with Crippen LogP contribution in [0.5, 0.6) is 0 Å². The van der Waals surface area contributed by atoms with Crippen molar-refractivity contribution in [1.29, 1.82) is 0 Å². The summed E-state index contributed by atoms with van der Waals surface area (Å²) < 4.78 is 31.7. The van der Waals surface area contributed by atoms with Crippen molar-refractivity contribution >= 4 is 29.3 Å². The highest BCUT2D eigenvalue weighted by Crippen LogP contribution is 2.13. The summed E-state index contributed by atoms with van der Waals surface area (Å²) in [5, 5.41) is 16.4. The number of anilines is 3. The molecule has 0 aliphatic heterocycles. The molecule has 0 unspecified atom stereocenters. The topological polar surface area (TPSA) is 116 Å². The van der Waals surface area contributed by atoms with Gasteiger partial charge in [0.1, 0.15) is 5.82 Å². The van der Waals surface area contributed by atoms with Crippen LogP contribution in [0.4, 0.5) is 30.6 Å². The average Bonchev–Trinajstić information content (AvgIpc) is 2.80. The highest BCUT2D eigenvalue weighted by Gasteiger charge is 2.38. The number of alkyl halides is 3. The molecular formula is C23H24F3N5O3. The molecule has 2 aromatic carbocycles. The molecule has 3 aromatic rings. The zero-order valence-electron chi connectivity index (χ0n) is 18.0. The normalized spacial score (nSPS) is 10.4. The fourth-order valence-corrected chi connectivity index (χ4v) is 2.55. The van der Waals surface area contributed by atoms with Gasteiger partial charge in [0.2, 0.25) is 11.9 Å². The fourth-order valence-electron chi connectivity index (χ4n) is 2.55. The Balaban J connectivity index is 0.000000509. The number of carbonyl (C=O) groups excluding carboxylic acids is 1. The third-order valence-electron chi connectivity index (χ3n) is 4.15. The van der Waals surface area contributed by atoms with Gasteiger partial charge in [0.05, 0.1) is 0 Å². The van der Waals surface area contributed by atoms with E-state index in [1.807, 2.05) is 48.5 Å². The van der Waals surface area contributed by atoms with Crippen LogP contribution in [0, 0.1) is 0 Å². The molecule has 11 heteroatoms. The highest BCUT2D eigenvalue weighted by atomic mass is 19.4. The maximum absolute atomic E-state index is 11.9. The number of carboxylic acids is 1. The number of carbonyl (C=O) groups is 2. The molecular weight excluding hydrogens is 451 g/mol. The summed E-state index contributed by atoms with van der Waals surface area (Å²) in [5.41, 5.74) is 2.07. The Morgan fingerprint density at radius 3 is 2.12 bits per heavy atom. The Labute approximate surface area is 194 Å². The number of carboxylic acid groups (broad SMARTS) is 1. The van der Waals surface area contributed by atoms with E-state index in [4.69, 9.17) is 9.90 Å². The number of hydrogen-bond donors (Lipinski definition) is 4. The number of halogens is 3. The SMILES string of the molecule is O=C(CCNc1ccnc(NCCc2ccccc2)n1)Nc1ccccc1.O=C(O)C(F)(F)F. The number of amides is 1. The molecule has 0 saturated heterocycles. The van der Waals surface area contributed by atoms with Gasteiger partial charge in [0.15, 0.2) is 0 Å². The molecule has 1 amide bonds. The zero-order valence-corrected chi connectivity index (χ0v) is 18.0. The van der Waals surface area contributed by atoms with Crippen LogP contribution in [0.1, 0.15) is 12.0 Å². The second-order valence-corrected chi connectivity index (χ2v) is 6.82. The molecule has 4 N–H and O–H groups in total. The first-order chi connectivity index (χ1) is 16.2. The number of para-hydroxylation sites is 1. The molecule has 8 nitrogen and oxygen atoms in total. The molecule has 0 radical (unpaired) electrons. The van der Waals surface area contributed by atoms with E-state index in [1.165, 1.54) is 5.56 Å². The lowest BCUT2D eigenvalue weighted by molar-refractivity contribution is -0.192. The molecule has 180 valence electrons. The summed E-state index contributed by atoms with van der Waals surface area (Å²) in [5.74, 6) is -1.53. The molecule has 3 rings (SSSR count). The summed E-state index contributed by atoms with van der Waals surface area (Å²) in [4.78, 5) is 29.5. The number of hydrogen-bond acceptors (Lipinski definition) is 6. The smallest absolute Gasteiger partial charge is 0.475 e. The monoisotopic (exact) mass is 475 g/mol. The number of nitrogens with one attached hydrogen (secondary N) is 3. The Morgan fingerprint density at radius 2 is 1.50 bits per heavy atom. The molecule has 0 fully saturated rings. The van der Waals surface area contributed by atoms with Gasteiger partial charge in [-0.25, -0.2) is 9.78 Å². The lowest BCUT2D eigenvalue weighted by atomic mass is 10.1. The van der Waals surface area contributed by atoms with Crippen molar-refractivity contribution in [3.63, 3.8) is 0 Å². The first-order valence-corrected chi connectivity index (χ1v) is 10.2. The molecule has 1 heterocycles. The molecule has 1 aromatic heterocycles. The van der Waals surface area contributed by atoms with Gasteiger partial charge in [0, 0.05) is 31.4 Å². The molecule has 0 spiro atoms. The Kier molecular flexibility index (Phi) is 10.3. The molecule has 0 aliphatic rings. The van der Waals surface area contributed by atoms with Crippen LogP contribution in [0.25, 0.3) is 0 Å². The fraction of sp³-hybridized carbons (Fsp3) is 0.217. The van der Waals surface area contributed by atoms with Crippen LogP contribution in [0.15, 0.2) is 72.9 Å². The lowest BCUT2D eigenvalue weighted by Gasteiger charge is -2.09. The maximum atomic E-state index is 11.9. The van der Waals surface area contributed by atoms with Gasteiger partial charge in [-0.3, -0.25) is 4.79 Å². The minimum Gasteiger partial charge on any atom is -0.475 e.